The summed E-state index contributed by atoms with van der Waals surface area (Å²) in [5.74, 6) is -1.05. The van der Waals surface area contributed by atoms with Crippen molar-refractivity contribution in [3.8, 4) is 0 Å². The van der Waals surface area contributed by atoms with Gasteiger partial charge in [0, 0.05) is 19.3 Å². The smallest absolute Gasteiger partial charge is 0.306 e. The van der Waals surface area contributed by atoms with E-state index < -0.39 is 6.10 Å². The number of esters is 3. The van der Waals surface area contributed by atoms with Gasteiger partial charge in [0.05, 0.1) is 0 Å². The van der Waals surface area contributed by atoms with Crippen LogP contribution in [0.15, 0.2) is 109 Å². The highest BCUT2D eigenvalue weighted by molar-refractivity contribution is 5.71. The molecule has 0 aromatic carbocycles. The fourth-order valence-electron chi connectivity index (χ4n) is 6.82. The van der Waals surface area contributed by atoms with Crippen molar-refractivity contribution in [3.63, 3.8) is 0 Å². The molecule has 368 valence electrons. The fraction of sp³-hybridized carbons (Fsp3) is 0.644. The number of rotatable bonds is 46. The van der Waals surface area contributed by atoms with Crippen LogP contribution in [0, 0.1) is 0 Å². The summed E-state index contributed by atoms with van der Waals surface area (Å²) in [4.78, 5) is 38.0. The number of allylic oxidation sites excluding steroid dienone is 18. The minimum Gasteiger partial charge on any atom is -0.462 e. The molecule has 6 heteroatoms. The molecule has 0 N–H and O–H groups in total. The van der Waals surface area contributed by atoms with Gasteiger partial charge >= 0.3 is 17.9 Å². The third kappa shape index (κ3) is 50.9. The molecular formula is C59H96O6. The summed E-state index contributed by atoms with van der Waals surface area (Å²) < 4.78 is 16.7. The van der Waals surface area contributed by atoms with Gasteiger partial charge in [-0.1, -0.05) is 214 Å². The first-order chi connectivity index (χ1) is 32.0. The van der Waals surface area contributed by atoms with Crippen LogP contribution in [-0.4, -0.2) is 37.2 Å². The summed E-state index contributed by atoms with van der Waals surface area (Å²) in [6, 6.07) is 0. The van der Waals surface area contributed by atoms with Crippen LogP contribution >= 0.6 is 0 Å². The van der Waals surface area contributed by atoms with Gasteiger partial charge in [0.15, 0.2) is 6.10 Å². The van der Waals surface area contributed by atoms with Crippen LogP contribution < -0.4 is 0 Å². The van der Waals surface area contributed by atoms with E-state index in [-0.39, 0.29) is 44.0 Å². The molecule has 0 amide bonds. The minimum atomic E-state index is -0.828. The Morgan fingerprint density at radius 2 is 0.677 bits per heavy atom. The zero-order chi connectivity index (χ0) is 47.2. The maximum atomic E-state index is 12.8. The first-order valence-corrected chi connectivity index (χ1v) is 26.4. The fourth-order valence-corrected chi connectivity index (χ4v) is 6.82. The van der Waals surface area contributed by atoms with E-state index in [1.165, 1.54) is 83.5 Å². The van der Waals surface area contributed by atoms with Gasteiger partial charge in [-0.05, 0) is 103 Å². The summed E-state index contributed by atoms with van der Waals surface area (Å²) in [6.07, 6.45) is 70.8. The van der Waals surface area contributed by atoms with Gasteiger partial charge in [-0.2, -0.15) is 0 Å². The summed E-state index contributed by atoms with van der Waals surface area (Å²) in [7, 11) is 0. The van der Waals surface area contributed by atoms with Crippen LogP contribution in [0.2, 0.25) is 0 Å². The predicted molar refractivity (Wildman–Crippen MR) is 279 cm³/mol. The number of unbranched alkanes of at least 4 members (excludes halogenated alkanes) is 19. The van der Waals surface area contributed by atoms with E-state index in [0.717, 1.165) is 89.9 Å². The monoisotopic (exact) mass is 901 g/mol. The van der Waals surface area contributed by atoms with Gasteiger partial charge < -0.3 is 14.2 Å². The number of ether oxygens (including phenoxy) is 3. The molecule has 0 aliphatic rings. The highest BCUT2D eigenvalue weighted by Gasteiger charge is 2.19. The largest absolute Gasteiger partial charge is 0.462 e. The van der Waals surface area contributed by atoms with Gasteiger partial charge in [0.2, 0.25) is 0 Å². The molecule has 0 saturated heterocycles. The van der Waals surface area contributed by atoms with Crippen molar-refractivity contribution >= 4 is 17.9 Å². The lowest BCUT2D eigenvalue weighted by Gasteiger charge is -2.18. The Hall–Kier alpha value is -3.93. The molecule has 0 fully saturated rings. The maximum absolute atomic E-state index is 12.8. The molecule has 0 saturated carbocycles. The lowest BCUT2D eigenvalue weighted by molar-refractivity contribution is -0.166. The highest BCUT2D eigenvalue weighted by Crippen LogP contribution is 2.12. The lowest BCUT2D eigenvalue weighted by atomic mass is 10.1. The quantitative estimate of drug-likeness (QED) is 0.0199. The Labute approximate surface area is 400 Å². The Morgan fingerprint density at radius 1 is 0.338 bits per heavy atom. The van der Waals surface area contributed by atoms with Crippen LogP contribution in [-0.2, 0) is 28.6 Å². The van der Waals surface area contributed by atoms with Crippen LogP contribution in [0.25, 0.3) is 0 Å². The molecule has 0 aromatic heterocycles. The third-order valence-electron chi connectivity index (χ3n) is 10.8. The van der Waals surface area contributed by atoms with E-state index in [2.05, 4.69) is 118 Å². The summed E-state index contributed by atoms with van der Waals surface area (Å²) >= 11 is 0. The van der Waals surface area contributed by atoms with Crippen molar-refractivity contribution in [3.05, 3.63) is 109 Å². The summed E-state index contributed by atoms with van der Waals surface area (Å²) in [5.41, 5.74) is 0. The van der Waals surface area contributed by atoms with Crippen molar-refractivity contribution in [2.24, 2.45) is 0 Å². The molecule has 0 radical (unpaired) electrons. The molecule has 1 atom stereocenters. The van der Waals surface area contributed by atoms with Crippen LogP contribution in [0.1, 0.15) is 226 Å². The van der Waals surface area contributed by atoms with Crippen molar-refractivity contribution in [1.29, 1.82) is 0 Å². The summed E-state index contributed by atoms with van der Waals surface area (Å²) in [6.45, 7) is 6.38. The second kappa shape index (κ2) is 52.7. The van der Waals surface area contributed by atoms with E-state index in [0.29, 0.717) is 19.3 Å². The van der Waals surface area contributed by atoms with E-state index in [9.17, 15) is 14.4 Å². The first-order valence-electron chi connectivity index (χ1n) is 26.4. The van der Waals surface area contributed by atoms with Crippen molar-refractivity contribution in [1.82, 2.24) is 0 Å². The Morgan fingerprint density at radius 3 is 1.14 bits per heavy atom. The first kappa shape index (κ1) is 61.1. The standard InChI is InChI=1S/C59H96O6/c1-4-7-10-13-16-19-22-25-28-31-34-37-40-43-46-49-52-58(61)64-55-56(54-63-57(60)51-48-45-42-39-36-33-30-27-24-21-18-15-12-9-6-3)65-59(62)53-50-47-44-41-38-35-32-29-26-23-20-17-14-11-8-5-2/h7,10,16,18-19,21,24-25,27-29,32,34-35,37-38,43,46,56H,4-6,8-9,11-15,17,20,22-23,26,30-31,33,36,39-42,44-45,47-55H2,1-3H3/b10-7-,19-16-,21-18-,27-24-,28-25-,32-29-,37-34-,38-35-,46-43-. The van der Waals surface area contributed by atoms with Crippen molar-refractivity contribution < 1.29 is 28.6 Å². The van der Waals surface area contributed by atoms with Gasteiger partial charge in [0.25, 0.3) is 0 Å². The second-order valence-corrected chi connectivity index (χ2v) is 17.1. The molecule has 65 heavy (non-hydrogen) atoms. The van der Waals surface area contributed by atoms with Crippen molar-refractivity contribution in [2.45, 2.75) is 232 Å². The summed E-state index contributed by atoms with van der Waals surface area (Å²) in [5, 5.41) is 0. The van der Waals surface area contributed by atoms with E-state index in [1.54, 1.807) is 0 Å². The second-order valence-electron chi connectivity index (χ2n) is 17.1. The lowest BCUT2D eigenvalue weighted by Crippen LogP contribution is -2.30. The van der Waals surface area contributed by atoms with E-state index in [4.69, 9.17) is 14.2 Å². The van der Waals surface area contributed by atoms with Gasteiger partial charge in [-0.3, -0.25) is 14.4 Å². The molecular weight excluding hydrogens is 805 g/mol. The van der Waals surface area contributed by atoms with Gasteiger partial charge in [-0.25, -0.2) is 0 Å². The topological polar surface area (TPSA) is 78.9 Å². The zero-order valence-corrected chi connectivity index (χ0v) is 42.0. The van der Waals surface area contributed by atoms with Crippen LogP contribution in [0.4, 0.5) is 0 Å². The van der Waals surface area contributed by atoms with Gasteiger partial charge in [0.1, 0.15) is 13.2 Å². The zero-order valence-electron chi connectivity index (χ0n) is 42.0. The third-order valence-corrected chi connectivity index (χ3v) is 10.8. The van der Waals surface area contributed by atoms with Crippen molar-refractivity contribution in [2.75, 3.05) is 13.2 Å². The Kier molecular flexibility index (Phi) is 49.5. The highest BCUT2D eigenvalue weighted by atomic mass is 16.6. The van der Waals surface area contributed by atoms with Crippen LogP contribution in [0.5, 0.6) is 0 Å². The molecule has 0 heterocycles. The molecule has 0 spiro atoms. The van der Waals surface area contributed by atoms with Gasteiger partial charge in [-0.15, -0.1) is 0 Å². The van der Waals surface area contributed by atoms with E-state index >= 15 is 0 Å². The van der Waals surface area contributed by atoms with E-state index in [1.807, 2.05) is 12.2 Å². The molecule has 6 nitrogen and oxygen atoms in total. The molecule has 0 rings (SSSR count). The normalized spacial score (nSPS) is 13.0. The number of carbonyl (C=O) groups is 3. The van der Waals surface area contributed by atoms with Crippen LogP contribution in [0.3, 0.4) is 0 Å². The SMILES string of the molecule is CC/C=C\C/C=C\C/C=C\C/C=C\C/C=C\CCC(=O)OCC(COC(=O)CCCCCCCC/C=C\C=C/CCCCC)OC(=O)CCCCC/C=C\C=C/CCCCCCCCC. The average molecular weight is 901 g/mol. The molecule has 0 bridgehead atoms. The number of hydrogen-bond donors (Lipinski definition) is 0. The Bertz CT molecular complexity index is 1360. The molecule has 0 aliphatic heterocycles. The molecule has 0 aliphatic carbocycles. The minimum absolute atomic E-state index is 0.120. The molecule has 1 unspecified atom stereocenters. The Balaban J connectivity index is 4.57. The average Bonchev–Trinajstić information content (AvgIpc) is 3.30. The predicted octanol–water partition coefficient (Wildman–Crippen LogP) is 17.5. The maximum Gasteiger partial charge on any atom is 0.306 e. The molecule has 0 aromatic rings. The number of carbonyl (C=O) groups excluding carboxylic acids is 3. The number of hydrogen-bond acceptors (Lipinski definition) is 6.